The SMILES string of the molecule is CCCC1SCC(C(=O)O)N1C(=O)c1ccccc1I. The largest absolute Gasteiger partial charge is 0.480 e. The van der Waals surface area contributed by atoms with Gasteiger partial charge in [-0.3, -0.25) is 4.79 Å². The molecule has 0 radical (unpaired) electrons. The second-order valence-electron chi connectivity index (χ2n) is 4.62. The van der Waals surface area contributed by atoms with E-state index in [1.54, 1.807) is 22.7 Å². The van der Waals surface area contributed by atoms with Crippen molar-refractivity contribution in [1.82, 2.24) is 4.90 Å². The number of hydrogen-bond donors (Lipinski definition) is 1. The number of carboxylic acids is 1. The van der Waals surface area contributed by atoms with Crippen LogP contribution in [0.3, 0.4) is 0 Å². The van der Waals surface area contributed by atoms with Crippen molar-refractivity contribution < 1.29 is 14.7 Å². The predicted octanol–water partition coefficient (Wildman–Crippen LogP) is 3.06. The van der Waals surface area contributed by atoms with Crippen LogP contribution in [-0.2, 0) is 4.79 Å². The number of aliphatic carboxylic acids is 1. The standard InChI is InChI=1S/C14H16INO3S/c1-2-5-12-16(11(8-20-12)14(18)19)13(17)9-6-3-4-7-10(9)15/h3-4,6-7,11-12H,2,5,8H2,1H3,(H,18,19). The van der Waals surface area contributed by atoms with E-state index in [1.807, 2.05) is 25.1 Å². The molecule has 1 heterocycles. The molecule has 2 atom stereocenters. The van der Waals surface area contributed by atoms with Gasteiger partial charge >= 0.3 is 5.97 Å². The molecule has 0 saturated carbocycles. The van der Waals surface area contributed by atoms with Crippen molar-refractivity contribution in [2.45, 2.75) is 31.2 Å². The van der Waals surface area contributed by atoms with Gasteiger partial charge in [-0.2, -0.15) is 0 Å². The number of benzene rings is 1. The van der Waals surface area contributed by atoms with Crippen molar-refractivity contribution in [2.24, 2.45) is 0 Å². The summed E-state index contributed by atoms with van der Waals surface area (Å²) >= 11 is 3.68. The normalized spacial score (nSPS) is 22.0. The van der Waals surface area contributed by atoms with Crippen LogP contribution in [0.25, 0.3) is 0 Å². The van der Waals surface area contributed by atoms with Crippen molar-refractivity contribution in [3.05, 3.63) is 33.4 Å². The van der Waals surface area contributed by atoms with Gasteiger partial charge in [0.15, 0.2) is 0 Å². The summed E-state index contributed by atoms with van der Waals surface area (Å²) in [7, 11) is 0. The molecule has 1 amide bonds. The van der Waals surface area contributed by atoms with E-state index in [0.717, 1.165) is 16.4 Å². The Labute approximate surface area is 136 Å². The summed E-state index contributed by atoms with van der Waals surface area (Å²) in [5.41, 5.74) is 0.586. The summed E-state index contributed by atoms with van der Waals surface area (Å²) in [6.07, 6.45) is 1.75. The van der Waals surface area contributed by atoms with E-state index in [2.05, 4.69) is 22.6 Å². The molecule has 1 aromatic carbocycles. The van der Waals surface area contributed by atoms with Crippen LogP contribution in [-0.4, -0.2) is 39.1 Å². The molecule has 2 unspecified atom stereocenters. The highest BCUT2D eigenvalue weighted by atomic mass is 127. The van der Waals surface area contributed by atoms with Crippen LogP contribution in [0, 0.1) is 3.57 Å². The first-order valence-corrected chi connectivity index (χ1v) is 8.60. The molecule has 1 aromatic rings. The molecule has 1 aliphatic heterocycles. The molecule has 2 rings (SSSR count). The van der Waals surface area contributed by atoms with Crippen LogP contribution in [0.4, 0.5) is 0 Å². The number of carbonyl (C=O) groups is 2. The Bertz CT molecular complexity index is 523. The van der Waals surface area contributed by atoms with Crippen LogP contribution in [0.2, 0.25) is 0 Å². The smallest absolute Gasteiger partial charge is 0.327 e. The van der Waals surface area contributed by atoms with E-state index < -0.39 is 12.0 Å². The Balaban J connectivity index is 2.32. The number of hydrogen-bond acceptors (Lipinski definition) is 3. The monoisotopic (exact) mass is 405 g/mol. The van der Waals surface area contributed by atoms with Crippen molar-refractivity contribution in [2.75, 3.05) is 5.75 Å². The lowest BCUT2D eigenvalue weighted by Crippen LogP contribution is -2.45. The van der Waals surface area contributed by atoms with Gasteiger partial charge in [0, 0.05) is 9.32 Å². The fourth-order valence-corrected chi connectivity index (χ4v) is 4.40. The third-order valence-electron chi connectivity index (χ3n) is 3.25. The van der Waals surface area contributed by atoms with Gasteiger partial charge in [0.25, 0.3) is 5.91 Å². The first-order valence-electron chi connectivity index (χ1n) is 6.47. The maximum absolute atomic E-state index is 12.7. The Hall–Kier alpha value is -0.760. The van der Waals surface area contributed by atoms with Crippen molar-refractivity contribution in [1.29, 1.82) is 0 Å². The zero-order chi connectivity index (χ0) is 14.7. The fourth-order valence-electron chi connectivity index (χ4n) is 2.27. The zero-order valence-corrected chi connectivity index (χ0v) is 14.1. The van der Waals surface area contributed by atoms with Gasteiger partial charge in [-0.05, 0) is 41.1 Å². The van der Waals surface area contributed by atoms with Gasteiger partial charge in [-0.15, -0.1) is 11.8 Å². The maximum atomic E-state index is 12.7. The maximum Gasteiger partial charge on any atom is 0.327 e. The summed E-state index contributed by atoms with van der Waals surface area (Å²) < 4.78 is 0.853. The third-order valence-corrected chi connectivity index (χ3v) is 5.55. The molecule has 0 aliphatic carbocycles. The number of thioether (sulfide) groups is 1. The molecule has 1 fully saturated rings. The highest BCUT2D eigenvalue weighted by Crippen LogP contribution is 2.34. The summed E-state index contributed by atoms with van der Waals surface area (Å²) in [6.45, 7) is 2.05. The van der Waals surface area contributed by atoms with E-state index in [1.165, 1.54) is 0 Å². The van der Waals surface area contributed by atoms with Crippen molar-refractivity contribution in [3.63, 3.8) is 0 Å². The highest BCUT2D eigenvalue weighted by Gasteiger charge is 2.41. The van der Waals surface area contributed by atoms with E-state index in [-0.39, 0.29) is 11.3 Å². The van der Waals surface area contributed by atoms with E-state index in [4.69, 9.17) is 0 Å². The second kappa shape index (κ2) is 6.80. The van der Waals surface area contributed by atoms with Crippen LogP contribution in [0.15, 0.2) is 24.3 Å². The van der Waals surface area contributed by atoms with Crippen molar-refractivity contribution >= 4 is 46.2 Å². The number of rotatable bonds is 4. The summed E-state index contributed by atoms with van der Waals surface area (Å²) in [5.74, 6) is -0.629. The van der Waals surface area contributed by atoms with Crippen LogP contribution in [0.1, 0.15) is 30.1 Å². The summed E-state index contributed by atoms with van der Waals surface area (Å²) in [4.78, 5) is 25.6. The topological polar surface area (TPSA) is 57.6 Å². The van der Waals surface area contributed by atoms with Crippen LogP contribution in [0.5, 0.6) is 0 Å². The molecular formula is C14H16INO3S. The molecule has 20 heavy (non-hydrogen) atoms. The lowest BCUT2D eigenvalue weighted by Gasteiger charge is -2.27. The van der Waals surface area contributed by atoms with Gasteiger partial charge in [0.1, 0.15) is 6.04 Å². The summed E-state index contributed by atoms with van der Waals surface area (Å²) in [6, 6.07) is 6.58. The minimum atomic E-state index is -0.921. The average molecular weight is 405 g/mol. The van der Waals surface area contributed by atoms with Gasteiger partial charge < -0.3 is 10.0 Å². The number of amides is 1. The number of halogens is 1. The molecule has 0 bridgehead atoms. The van der Waals surface area contributed by atoms with E-state index in [9.17, 15) is 14.7 Å². The summed E-state index contributed by atoms with van der Waals surface area (Å²) in [5, 5.41) is 9.29. The predicted molar refractivity (Wildman–Crippen MR) is 87.9 cm³/mol. The van der Waals surface area contributed by atoms with Crippen LogP contribution < -0.4 is 0 Å². The Morgan fingerprint density at radius 3 is 2.75 bits per heavy atom. The second-order valence-corrected chi connectivity index (χ2v) is 7.00. The lowest BCUT2D eigenvalue weighted by atomic mass is 10.1. The quantitative estimate of drug-likeness (QED) is 0.783. The zero-order valence-electron chi connectivity index (χ0n) is 11.1. The van der Waals surface area contributed by atoms with Gasteiger partial charge in [0.2, 0.25) is 0 Å². The minimum absolute atomic E-state index is 0.0374. The fraction of sp³-hybridized carbons (Fsp3) is 0.429. The molecule has 1 saturated heterocycles. The molecule has 1 aliphatic rings. The lowest BCUT2D eigenvalue weighted by molar-refractivity contribution is -0.141. The number of carboxylic acid groups (broad SMARTS) is 1. The Kier molecular flexibility index (Phi) is 5.31. The first kappa shape index (κ1) is 15.6. The molecule has 4 nitrogen and oxygen atoms in total. The van der Waals surface area contributed by atoms with E-state index >= 15 is 0 Å². The molecule has 0 aromatic heterocycles. The minimum Gasteiger partial charge on any atom is -0.480 e. The average Bonchev–Trinajstić information content (AvgIpc) is 2.83. The molecule has 6 heteroatoms. The van der Waals surface area contributed by atoms with Crippen molar-refractivity contribution in [3.8, 4) is 0 Å². The Morgan fingerprint density at radius 2 is 2.15 bits per heavy atom. The number of nitrogens with zero attached hydrogens (tertiary/aromatic N) is 1. The highest BCUT2D eigenvalue weighted by molar-refractivity contribution is 14.1. The molecular weight excluding hydrogens is 389 g/mol. The first-order chi connectivity index (χ1) is 9.56. The van der Waals surface area contributed by atoms with Gasteiger partial charge in [-0.25, -0.2) is 4.79 Å². The number of carbonyl (C=O) groups excluding carboxylic acids is 1. The molecule has 1 N–H and O–H groups in total. The van der Waals surface area contributed by atoms with Gasteiger partial charge in [-0.1, -0.05) is 25.5 Å². The molecule has 108 valence electrons. The van der Waals surface area contributed by atoms with Gasteiger partial charge in [0.05, 0.1) is 10.9 Å². The third kappa shape index (κ3) is 3.11. The Morgan fingerprint density at radius 1 is 1.45 bits per heavy atom. The van der Waals surface area contributed by atoms with E-state index in [0.29, 0.717) is 11.3 Å². The molecule has 0 spiro atoms. The van der Waals surface area contributed by atoms with Crippen LogP contribution >= 0.6 is 34.4 Å².